The van der Waals surface area contributed by atoms with Crippen molar-refractivity contribution < 1.29 is 4.79 Å². The third kappa shape index (κ3) is 3.88. The molecule has 6 rings (SSSR count). The maximum absolute atomic E-state index is 13.1. The fraction of sp³-hybridized carbons (Fsp3) is 0.0571. The lowest BCUT2D eigenvalue weighted by molar-refractivity contribution is 0.101. The number of carbonyl (C=O) groups is 1. The van der Waals surface area contributed by atoms with Crippen LogP contribution in [0.5, 0.6) is 0 Å². The first-order valence-electron chi connectivity index (χ1n) is 12.6. The predicted octanol–water partition coefficient (Wildman–Crippen LogP) is 9.05. The van der Waals surface area contributed by atoms with Crippen molar-refractivity contribution in [1.29, 1.82) is 0 Å². The van der Waals surface area contributed by atoms with Gasteiger partial charge in [0.1, 0.15) is 0 Å². The molecule has 0 spiro atoms. The summed E-state index contributed by atoms with van der Waals surface area (Å²) in [6, 6.07) is 42.2. The van der Waals surface area contributed by atoms with Gasteiger partial charge in [0.2, 0.25) is 0 Å². The minimum absolute atomic E-state index is 0.0632. The van der Waals surface area contributed by atoms with Gasteiger partial charge in [0.05, 0.1) is 5.52 Å². The van der Waals surface area contributed by atoms with E-state index in [0.717, 1.165) is 55.4 Å². The number of nitrogens with zero attached hydrogens (tertiary/aromatic N) is 1. The van der Waals surface area contributed by atoms with Crippen molar-refractivity contribution in [3.63, 3.8) is 0 Å². The number of aryl methyl sites for hydroxylation is 1. The summed E-state index contributed by atoms with van der Waals surface area (Å²) in [6.45, 7) is 1.67. The zero-order valence-electron chi connectivity index (χ0n) is 21.0. The summed E-state index contributed by atoms with van der Waals surface area (Å²) in [5.41, 5.74) is 10.8. The van der Waals surface area contributed by atoms with Crippen molar-refractivity contribution in [3.05, 3.63) is 133 Å². The van der Waals surface area contributed by atoms with Crippen LogP contribution >= 0.6 is 0 Å². The smallest absolute Gasteiger partial charge is 0.161 e. The van der Waals surface area contributed by atoms with Gasteiger partial charge in [-0.15, -0.1) is 0 Å². The number of rotatable bonds is 5. The van der Waals surface area contributed by atoms with Crippen LogP contribution in [0.3, 0.4) is 0 Å². The van der Waals surface area contributed by atoms with Gasteiger partial charge in [-0.25, -0.2) is 0 Å². The van der Waals surface area contributed by atoms with Gasteiger partial charge < -0.3 is 4.57 Å². The summed E-state index contributed by atoms with van der Waals surface area (Å²) in [6.07, 6.45) is 2.00. The van der Waals surface area contributed by atoms with E-state index < -0.39 is 0 Å². The van der Waals surface area contributed by atoms with Crippen LogP contribution in [0, 0.1) is 0 Å². The van der Waals surface area contributed by atoms with Crippen LogP contribution in [-0.2, 0) is 7.05 Å². The quantitative estimate of drug-likeness (QED) is 0.227. The molecule has 5 aromatic carbocycles. The molecule has 1 aromatic heterocycles. The van der Waals surface area contributed by atoms with Crippen molar-refractivity contribution in [2.45, 2.75) is 6.92 Å². The largest absolute Gasteiger partial charge is 0.349 e. The van der Waals surface area contributed by atoms with Gasteiger partial charge in [0, 0.05) is 40.9 Å². The van der Waals surface area contributed by atoms with Crippen LogP contribution in [0.15, 0.2) is 128 Å². The van der Waals surface area contributed by atoms with E-state index in [4.69, 9.17) is 0 Å². The highest BCUT2D eigenvalue weighted by atomic mass is 16.1. The molecule has 0 unspecified atom stereocenters. The SMILES string of the molecule is CC(=O)c1cn(C)c2c(-c3ccccc3)c(-c3ccccc3)c(-c3ccccc3)c(-c3ccccc3)c12. The molecular formula is C35H27NO. The second kappa shape index (κ2) is 9.40. The minimum Gasteiger partial charge on any atom is -0.349 e. The van der Waals surface area contributed by atoms with Gasteiger partial charge in [0.15, 0.2) is 5.78 Å². The lowest BCUT2D eigenvalue weighted by Gasteiger charge is -2.23. The van der Waals surface area contributed by atoms with Gasteiger partial charge in [-0.1, -0.05) is 121 Å². The highest BCUT2D eigenvalue weighted by Gasteiger charge is 2.28. The van der Waals surface area contributed by atoms with Crippen LogP contribution in [0.2, 0.25) is 0 Å². The number of hydrogen-bond acceptors (Lipinski definition) is 1. The highest BCUT2D eigenvalue weighted by Crippen LogP contribution is 2.51. The Kier molecular flexibility index (Phi) is 5.78. The Morgan fingerprint density at radius 2 is 0.865 bits per heavy atom. The summed E-state index contributed by atoms with van der Waals surface area (Å²) in [5, 5.41) is 0.999. The molecule has 37 heavy (non-hydrogen) atoms. The topological polar surface area (TPSA) is 22.0 Å². The number of fused-ring (bicyclic) bond motifs is 1. The Morgan fingerprint density at radius 1 is 0.514 bits per heavy atom. The van der Waals surface area contributed by atoms with Crippen LogP contribution in [0.4, 0.5) is 0 Å². The first kappa shape index (κ1) is 22.8. The summed E-state index contributed by atoms with van der Waals surface area (Å²) in [5.74, 6) is 0.0632. The summed E-state index contributed by atoms with van der Waals surface area (Å²) < 4.78 is 2.13. The monoisotopic (exact) mass is 477 g/mol. The van der Waals surface area contributed by atoms with Gasteiger partial charge in [-0.2, -0.15) is 0 Å². The molecule has 2 heteroatoms. The van der Waals surface area contributed by atoms with Crippen molar-refractivity contribution in [3.8, 4) is 44.5 Å². The van der Waals surface area contributed by atoms with E-state index in [1.807, 2.05) is 31.4 Å². The molecule has 0 bridgehead atoms. The lowest BCUT2D eigenvalue weighted by atomic mass is 9.80. The van der Waals surface area contributed by atoms with Crippen molar-refractivity contribution in [1.82, 2.24) is 4.57 Å². The van der Waals surface area contributed by atoms with E-state index in [-0.39, 0.29) is 5.78 Å². The molecule has 0 amide bonds. The third-order valence-corrected chi connectivity index (χ3v) is 7.05. The molecule has 2 nitrogen and oxygen atoms in total. The Bertz CT molecular complexity index is 1720. The highest BCUT2D eigenvalue weighted by molar-refractivity contribution is 6.23. The molecular weight excluding hydrogens is 450 g/mol. The first-order valence-corrected chi connectivity index (χ1v) is 12.6. The van der Waals surface area contributed by atoms with Gasteiger partial charge >= 0.3 is 0 Å². The average molecular weight is 478 g/mol. The second-order valence-corrected chi connectivity index (χ2v) is 9.40. The fourth-order valence-corrected chi connectivity index (χ4v) is 5.51. The van der Waals surface area contributed by atoms with E-state index in [2.05, 4.69) is 108 Å². The summed E-state index contributed by atoms with van der Waals surface area (Å²) >= 11 is 0. The van der Waals surface area contributed by atoms with Crippen LogP contribution in [0.1, 0.15) is 17.3 Å². The maximum Gasteiger partial charge on any atom is 0.161 e. The molecule has 0 aliphatic rings. The molecule has 0 atom stereocenters. The maximum atomic E-state index is 13.1. The van der Waals surface area contributed by atoms with E-state index in [1.54, 1.807) is 6.92 Å². The number of Topliss-reactive ketones (excluding diaryl/α,β-unsaturated/α-hetero) is 1. The lowest BCUT2D eigenvalue weighted by Crippen LogP contribution is -2.00. The minimum atomic E-state index is 0.0632. The summed E-state index contributed by atoms with van der Waals surface area (Å²) in [4.78, 5) is 13.1. The van der Waals surface area contributed by atoms with E-state index in [1.165, 1.54) is 5.56 Å². The fourth-order valence-electron chi connectivity index (χ4n) is 5.51. The number of benzene rings is 5. The Hall–Kier alpha value is -4.69. The number of hydrogen-bond donors (Lipinski definition) is 0. The molecule has 6 aromatic rings. The third-order valence-electron chi connectivity index (χ3n) is 7.05. The van der Waals surface area contributed by atoms with Gasteiger partial charge in [-0.3, -0.25) is 4.79 Å². The van der Waals surface area contributed by atoms with Crippen molar-refractivity contribution in [2.24, 2.45) is 7.05 Å². The van der Waals surface area contributed by atoms with Crippen LogP contribution < -0.4 is 0 Å². The van der Waals surface area contributed by atoms with Gasteiger partial charge in [0.25, 0.3) is 0 Å². The Labute approximate surface area is 217 Å². The molecule has 0 radical (unpaired) electrons. The molecule has 0 aliphatic carbocycles. The van der Waals surface area contributed by atoms with Crippen LogP contribution in [0.25, 0.3) is 55.4 Å². The number of ketones is 1. The van der Waals surface area contributed by atoms with Gasteiger partial charge in [-0.05, 0) is 34.7 Å². The standard InChI is InChI=1S/C35H27NO/c1-24(37)29-23-36(2)35-33(28-21-13-6-14-22-28)31(26-17-9-4-10-18-26)30(25-15-7-3-8-16-25)32(34(29)35)27-19-11-5-12-20-27/h3-23H,1-2H3. The Morgan fingerprint density at radius 3 is 1.27 bits per heavy atom. The van der Waals surface area contributed by atoms with E-state index in [0.29, 0.717) is 0 Å². The molecule has 0 N–H and O–H groups in total. The average Bonchev–Trinajstić information content (AvgIpc) is 3.30. The number of carbonyl (C=O) groups excluding carboxylic acids is 1. The zero-order valence-corrected chi connectivity index (χ0v) is 21.0. The molecule has 0 fully saturated rings. The molecule has 0 saturated carbocycles. The number of aromatic nitrogens is 1. The van der Waals surface area contributed by atoms with E-state index in [9.17, 15) is 4.79 Å². The normalized spacial score (nSPS) is 11.1. The molecule has 178 valence electrons. The zero-order chi connectivity index (χ0) is 25.4. The molecule has 0 aliphatic heterocycles. The first-order chi connectivity index (χ1) is 18.1. The summed E-state index contributed by atoms with van der Waals surface area (Å²) in [7, 11) is 2.05. The van der Waals surface area contributed by atoms with Crippen molar-refractivity contribution in [2.75, 3.05) is 0 Å². The molecule has 0 saturated heterocycles. The van der Waals surface area contributed by atoms with Crippen molar-refractivity contribution >= 4 is 16.7 Å². The molecule has 1 heterocycles. The van der Waals surface area contributed by atoms with Crippen LogP contribution in [-0.4, -0.2) is 10.4 Å². The van der Waals surface area contributed by atoms with E-state index >= 15 is 0 Å². The second-order valence-electron chi connectivity index (χ2n) is 9.40. The predicted molar refractivity (Wildman–Crippen MR) is 155 cm³/mol. The Balaban J connectivity index is 1.96.